The van der Waals surface area contributed by atoms with Crippen molar-refractivity contribution in [2.24, 2.45) is 0 Å². The van der Waals surface area contributed by atoms with Gasteiger partial charge in [0, 0.05) is 5.56 Å². The van der Waals surface area contributed by atoms with E-state index in [0.717, 1.165) is 4.90 Å². The number of carboxylic acid groups (broad SMARTS) is 2. The number of rotatable bonds is 5. The predicted octanol–water partition coefficient (Wildman–Crippen LogP) is 0.174. The van der Waals surface area contributed by atoms with Gasteiger partial charge in [0.1, 0.15) is 13.1 Å². The average Bonchev–Trinajstić information content (AvgIpc) is 2.83. The molecule has 8 nitrogen and oxygen atoms in total. The maximum absolute atomic E-state index is 12.1. The number of fused-ring (bicyclic) bond motifs is 1. The van der Waals surface area contributed by atoms with Crippen molar-refractivity contribution < 1.29 is 24.6 Å². The molecule has 0 bridgehead atoms. The topological polar surface area (TPSA) is 124 Å². The van der Waals surface area contributed by atoms with Crippen molar-refractivity contribution in [2.75, 3.05) is 13.1 Å². The van der Waals surface area contributed by atoms with Gasteiger partial charge in [-0.15, -0.1) is 0 Å². The molecule has 0 aliphatic heterocycles. The molecule has 0 saturated heterocycles. The number of amides is 1. The molecule has 2 rings (SSSR count). The fraction of sp³-hybridized carbons (Fsp3) is 0.167. The van der Waals surface area contributed by atoms with Crippen LogP contribution in [0.3, 0.4) is 0 Å². The average molecular weight is 277 g/mol. The molecule has 2 aromatic rings. The second-order valence-corrected chi connectivity index (χ2v) is 4.08. The number of hydrogen-bond donors (Lipinski definition) is 3. The maximum Gasteiger partial charge on any atom is 0.323 e. The highest BCUT2D eigenvalue weighted by Gasteiger charge is 2.21. The van der Waals surface area contributed by atoms with E-state index in [-0.39, 0.29) is 5.56 Å². The number of aliphatic carboxylic acids is 2. The highest BCUT2D eigenvalue weighted by atomic mass is 16.4. The number of carbonyl (C=O) groups excluding carboxylic acids is 1. The molecule has 1 aromatic carbocycles. The Hall–Kier alpha value is -2.90. The number of nitrogens with zero attached hydrogens (tertiary/aromatic N) is 2. The molecule has 0 atom stereocenters. The van der Waals surface area contributed by atoms with Crippen LogP contribution in [-0.4, -0.2) is 56.0 Å². The monoisotopic (exact) mass is 277 g/mol. The largest absolute Gasteiger partial charge is 0.480 e. The molecule has 1 aromatic heterocycles. The Balaban J connectivity index is 2.29. The molecule has 1 heterocycles. The minimum absolute atomic E-state index is 0.198. The summed E-state index contributed by atoms with van der Waals surface area (Å²) in [6.07, 6.45) is 1.46. The summed E-state index contributed by atoms with van der Waals surface area (Å²) in [5.41, 5.74) is 1.47. The summed E-state index contributed by atoms with van der Waals surface area (Å²) in [6, 6.07) is 4.57. The Kier molecular flexibility index (Phi) is 3.65. The zero-order chi connectivity index (χ0) is 14.7. The van der Waals surface area contributed by atoms with E-state index in [1.165, 1.54) is 18.5 Å². The standard InChI is InChI=1S/C12H11N3O5/c16-10(17)4-15(5-11(18)19)12(20)7-1-2-8-9(3-7)14-6-13-8/h1-3,6H,4-5H2,(H,13,14)(H,16,17)(H,18,19). The minimum atomic E-state index is -1.28. The van der Waals surface area contributed by atoms with Crippen LogP contribution in [0.1, 0.15) is 10.4 Å². The summed E-state index contributed by atoms with van der Waals surface area (Å²) in [7, 11) is 0. The number of benzene rings is 1. The summed E-state index contributed by atoms with van der Waals surface area (Å²) >= 11 is 0. The summed E-state index contributed by atoms with van der Waals surface area (Å²) in [5, 5.41) is 17.5. The van der Waals surface area contributed by atoms with Crippen molar-refractivity contribution in [3.63, 3.8) is 0 Å². The maximum atomic E-state index is 12.1. The van der Waals surface area contributed by atoms with Gasteiger partial charge in [-0.3, -0.25) is 14.4 Å². The lowest BCUT2D eigenvalue weighted by molar-refractivity contribution is -0.140. The van der Waals surface area contributed by atoms with Crippen LogP contribution >= 0.6 is 0 Å². The van der Waals surface area contributed by atoms with Gasteiger partial charge in [-0.2, -0.15) is 0 Å². The van der Waals surface area contributed by atoms with E-state index < -0.39 is 30.9 Å². The van der Waals surface area contributed by atoms with Gasteiger partial charge in [-0.05, 0) is 18.2 Å². The van der Waals surface area contributed by atoms with Crippen molar-refractivity contribution in [2.45, 2.75) is 0 Å². The smallest absolute Gasteiger partial charge is 0.323 e. The fourth-order valence-electron chi connectivity index (χ4n) is 1.78. The van der Waals surface area contributed by atoms with Crippen molar-refractivity contribution in [3.05, 3.63) is 30.1 Å². The number of aromatic amines is 1. The third kappa shape index (κ3) is 2.91. The molecule has 104 valence electrons. The van der Waals surface area contributed by atoms with Crippen LogP contribution in [-0.2, 0) is 9.59 Å². The van der Waals surface area contributed by atoms with Gasteiger partial charge >= 0.3 is 11.9 Å². The van der Waals surface area contributed by atoms with E-state index in [4.69, 9.17) is 10.2 Å². The predicted molar refractivity (Wildman–Crippen MR) is 67.3 cm³/mol. The van der Waals surface area contributed by atoms with E-state index in [2.05, 4.69) is 9.97 Å². The van der Waals surface area contributed by atoms with E-state index in [0.29, 0.717) is 11.0 Å². The number of carboxylic acids is 2. The first-order valence-electron chi connectivity index (χ1n) is 5.63. The lowest BCUT2D eigenvalue weighted by Crippen LogP contribution is -2.39. The molecule has 3 N–H and O–H groups in total. The molecular formula is C12H11N3O5. The van der Waals surface area contributed by atoms with Crippen molar-refractivity contribution in [1.29, 1.82) is 0 Å². The summed E-state index contributed by atoms with van der Waals surface area (Å²) in [5.74, 6) is -3.21. The number of H-pyrrole nitrogens is 1. The summed E-state index contributed by atoms with van der Waals surface area (Å²) < 4.78 is 0. The molecule has 0 fully saturated rings. The minimum Gasteiger partial charge on any atom is -0.480 e. The lowest BCUT2D eigenvalue weighted by Gasteiger charge is -2.18. The zero-order valence-electron chi connectivity index (χ0n) is 10.2. The van der Waals surface area contributed by atoms with Gasteiger partial charge in [0.25, 0.3) is 5.91 Å². The SMILES string of the molecule is O=C(O)CN(CC(=O)O)C(=O)c1ccc2nc[nH]c2c1. The zero-order valence-corrected chi connectivity index (χ0v) is 10.2. The summed E-state index contributed by atoms with van der Waals surface area (Å²) in [4.78, 5) is 41.1. The van der Waals surface area contributed by atoms with Crippen LogP contribution in [0.2, 0.25) is 0 Å². The molecule has 20 heavy (non-hydrogen) atoms. The first-order valence-corrected chi connectivity index (χ1v) is 5.63. The Bertz CT molecular complexity index is 663. The second kappa shape index (κ2) is 5.39. The molecule has 0 aliphatic rings. The molecular weight excluding hydrogens is 266 g/mol. The normalized spacial score (nSPS) is 10.4. The van der Waals surface area contributed by atoms with Gasteiger partial charge in [0.15, 0.2) is 0 Å². The molecule has 0 unspecified atom stereocenters. The Morgan fingerprint density at radius 2 is 1.80 bits per heavy atom. The van der Waals surface area contributed by atoms with Crippen molar-refractivity contribution in [1.82, 2.24) is 14.9 Å². The van der Waals surface area contributed by atoms with Crippen LogP contribution in [0.5, 0.6) is 0 Å². The van der Waals surface area contributed by atoms with Gasteiger partial charge in [-0.25, -0.2) is 4.98 Å². The highest BCUT2D eigenvalue weighted by Crippen LogP contribution is 2.13. The second-order valence-electron chi connectivity index (χ2n) is 4.08. The number of aromatic nitrogens is 2. The molecule has 1 amide bonds. The first-order chi connectivity index (χ1) is 9.47. The van der Waals surface area contributed by atoms with Crippen molar-refractivity contribution >= 4 is 28.9 Å². The number of hydrogen-bond acceptors (Lipinski definition) is 4. The van der Waals surface area contributed by atoms with E-state index in [1.807, 2.05) is 0 Å². The quantitative estimate of drug-likeness (QED) is 0.716. The van der Waals surface area contributed by atoms with E-state index in [1.54, 1.807) is 6.07 Å². The van der Waals surface area contributed by atoms with Crippen molar-refractivity contribution in [3.8, 4) is 0 Å². The lowest BCUT2D eigenvalue weighted by atomic mass is 10.1. The first kappa shape index (κ1) is 13.5. The van der Waals surface area contributed by atoms with Crippen LogP contribution in [0.25, 0.3) is 11.0 Å². The van der Waals surface area contributed by atoms with Crippen LogP contribution in [0.15, 0.2) is 24.5 Å². The number of imidazole rings is 1. The Morgan fingerprint density at radius 1 is 1.15 bits per heavy atom. The fourth-order valence-corrected chi connectivity index (χ4v) is 1.78. The molecule has 0 saturated carbocycles. The third-order valence-corrected chi connectivity index (χ3v) is 2.61. The Labute approximate surface area is 112 Å². The summed E-state index contributed by atoms with van der Waals surface area (Å²) in [6.45, 7) is -1.35. The molecule has 0 aliphatic carbocycles. The van der Waals surface area contributed by atoms with Gasteiger partial charge in [0.05, 0.1) is 17.4 Å². The molecule has 0 spiro atoms. The number of nitrogens with one attached hydrogen (secondary N) is 1. The highest BCUT2D eigenvalue weighted by molar-refractivity contribution is 5.99. The number of carbonyl (C=O) groups is 3. The van der Waals surface area contributed by atoms with Gasteiger partial charge < -0.3 is 20.1 Å². The molecule has 0 radical (unpaired) electrons. The van der Waals surface area contributed by atoms with E-state index in [9.17, 15) is 14.4 Å². The van der Waals surface area contributed by atoms with Crippen LogP contribution < -0.4 is 0 Å². The van der Waals surface area contributed by atoms with Crippen LogP contribution in [0.4, 0.5) is 0 Å². The third-order valence-electron chi connectivity index (χ3n) is 2.61. The van der Waals surface area contributed by atoms with Crippen LogP contribution in [0, 0.1) is 0 Å². The Morgan fingerprint density at radius 3 is 2.40 bits per heavy atom. The molecule has 8 heteroatoms. The van der Waals surface area contributed by atoms with Gasteiger partial charge in [0.2, 0.25) is 0 Å². The van der Waals surface area contributed by atoms with E-state index >= 15 is 0 Å². The van der Waals surface area contributed by atoms with Gasteiger partial charge in [-0.1, -0.05) is 0 Å².